The van der Waals surface area contributed by atoms with Gasteiger partial charge >= 0.3 is 6.09 Å². The van der Waals surface area contributed by atoms with Gasteiger partial charge in [-0.05, 0) is 43.1 Å². The van der Waals surface area contributed by atoms with Gasteiger partial charge in [0.05, 0.1) is 12.6 Å². The molecule has 1 fully saturated rings. The van der Waals surface area contributed by atoms with Gasteiger partial charge in [-0.15, -0.1) is 0 Å². The molecule has 0 bridgehead atoms. The van der Waals surface area contributed by atoms with E-state index in [9.17, 15) is 9.59 Å². The fourth-order valence-corrected chi connectivity index (χ4v) is 3.94. The number of amides is 2. The SMILES string of the molecule is CC(=O)N1CCc2c(c(Br)nn2C2CCN(C(=O)OC(C)(C)C)C2)C1. The van der Waals surface area contributed by atoms with Crippen LogP contribution in [0.4, 0.5) is 4.79 Å². The van der Waals surface area contributed by atoms with Gasteiger partial charge in [-0.1, -0.05) is 0 Å². The van der Waals surface area contributed by atoms with Crippen molar-refractivity contribution in [3.8, 4) is 0 Å². The molecule has 0 saturated carbocycles. The van der Waals surface area contributed by atoms with Crippen LogP contribution in [-0.4, -0.2) is 56.8 Å². The highest BCUT2D eigenvalue weighted by Crippen LogP contribution is 2.32. The third kappa shape index (κ3) is 3.83. The highest BCUT2D eigenvalue weighted by molar-refractivity contribution is 9.10. The van der Waals surface area contributed by atoms with Crippen molar-refractivity contribution in [3.63, 3.8) is 0 Å². The Morgan fingerprint density at radius 2 is 1.96 bits per heavy atom. The Balaban J connectivity index is 1.73. The summed E-state index contributed by atoms with van der Waals surface area (Å²) in [6, 6.07) is 0.149. The van der Waals surface area contributed by atoms with Crippen molar-refractivity contribution < 1.29 is 14.3 Å². The molecule has 1 aromatic heterocycles. The van der Waals surface area contributed by atoms with Crippen molar-refractivity contribution in [2.24, 2.45) is 0 Å². The van der Waals surface area contributed by atoms with E-state index in [1.54, 1.807) is 11.8 Å². The van der Waals surface area contributed by atoms with Gasteiger partial charge in [-0.25, -0.2) is 4.79 Å². The summed E-state index contributed by atoms with van der Waals surface area (Å²) in [7, 11) is 0. The van der Waals surface area contributed by atoms with E-state index in [2.05, 4.69) is 21.0 Å². The molecule has 3 rings (SSSR count). The van der Waals surface area contributed by atoms with Crippen LogP contribution in [0.2, 0.25) is 0 Å². The van der Waals surface area contributed by atoms with Gasteiger partial charge in [0.2, 0.25) is 5.91 Å². The van der Waals surface area contributed by atoms with E-state index in [1.165, 1.54) is 5.69 Å². The molecule has 0 aliphatic carbocycles. The van der Waals surface area contributed by atoms with E-state index in [0.717, 1.165) is 23.0 Å². The summed E-state index contributed by atoms with van der Waals surface area (Å²) in [6.45, 7) is 9.80. The zero-order valence-corrected chi connectivity index (χ0v) is 16.8. The smallest absolute Gasteiger partial charge is 0.410 e. The average molecular weight is 413 g/mol. The van der Waals surface area contributed by atoms with Crippen LogP contribution in [0.25, 0.3) is 0 Å². The summed E-state index contributed by atoms with van der Waals surface area (Å²) < 4.78 is 8.31. The molecule has 2 amide bonds. The molecule has 2 aliphatic heterocycles. The number of aromatic nitrogens is 2. The second-order valence-corrected chi connectivity index (χ2v) is 8.47. The van der Waals surface area contributed by atoms with Crippen LogP contribution in [0.15, 0.2) is 4.60 Å². The normalized spacial score (nSPS) is 20.6. The third-order valence-corrected chi connectivity index (χ3v) is 5.28. The molecule has 138 valence electrons. The number of carbonyl (C=O) groups excluding carboxylic acids is 2. The first kappa shape index (κ1) is 18.2. The molecule has 25 heavy (non-hydrogen) atoms. The Labute approximate surface area is 156 Å². The Morgan fingerprint density at radius 1 is 1.24 bits per heavy atom. The average Bonchev–Trinajstić information content (AvgIpc) is 3.10. The molecular formula is C17H25BrN4O3. The summed E-state index contributed by atoms with van der Waals surface area (Å²) >= 11 is 3.54. The lowest BCUT2D eigenvalue weighted by Gasteiger charge is -2.27. The van der Waals surface area contributed by atoms with E-state index in [1.807, 2.05) is 30.4 Å². The molecule has 3 heterocycles. The fourth-order valence-electron chi connectivity index (χ4n) is 3.41. The largest absolute Gasteiger partial charge is 0.444 e. The second kappa shape index (κ2) is 6.63. The van der Waals surface area contributed by atoms with Gasteiger partial charge in [-0.2, -0.15) is 5.10 Å². The molecule has 1 atom stereocenters. The van der Waals surface area contributed by atoms with E-state index >= 15 is 0 Å². The van der Waals surface area contributed by atoms with Crippen LogP contribution >= 0.6 is 15.9 Å². The molecule has 7 nitrogen and oxygen atoms in total. The molecule has 0 aromatic carbocycles. The number of rotatable bonds is 1. The Kier molecular flexibility index (Phi) is 4.83. The molecule has 0 spiro atoms. The van der Waals surface area contributed by atoms with Gasteiger partial charge < -0.3 is 14.5 Å². The minimum Gasteiger partial charge on any atom is -0.444 e. The van der Waals surface area contributed by atoms with E-state index in [0.29, 0.717) is 26.2 Å². The predicted octanol–water partition coefficient (Wildman–Crippen LogP) is 2.73. The zero-order valence-electron chi connectivity index (χ0n) is 15.2. The first-order valence-electron chi connectivity index (χ1n) is 8.65. The van der Waals surface area contributed by atoms with Crippen molar-refractivity contribution >= 4 is 27.9 Å². The molecule has 0 radical (unpaired) electrons. The van der Waals surface area contributed by atoms with Gasteiger partial charge in [0, 0.05) is 44.2 Å². The standard InChI is InChI=1S/C17H25BrN4O3/c1-11(23)20-8-6-14-13(10-20)15(18)19-22(14)12-5-7-21(9-12)16(24)25-17(2,3)4/h12H,5-10H2,1-4H3. The van der Waals surface area contributed by atoms with E-state index < -0.39 is 5.60 Å². The Morgan fingerprint density at radius 3 is 2.60 bits per heavy atom. The molecule has 8 heteroatoms. The summed E-state index contributed by atoms with van der Waals surface area (Å²) in [6.07, 6.45) is 1.38. The maximum absolute atomic E-state index is 12.3. The topological polar surface area (TPSA) is 67.7 Å². The lowest BCUT2D eigenvalue weighted by molar-refractivity contribution is -0.129. The maximum Gasteiger partial charge on any atom is 0.410 e. The van der Waals surface area contributed by atoms with Gasteiger partial charge in [0.25, 0.3) is 0 Å². The van der Waals surface area contributed by atoms with Gasteiger partial charge in [0.15, 0.2) is 0 Å². The maximum atomic E-state index is 12.3. The number of halogens is 1. The minimum atomic E-state index is -0.487. The molecule has 1 saturated heterocycles. The lowest BCUT2D eigenvalue weighted by Crippen LogP contribution is -2.36. The van der Waals surface area contributed by atoms with Crippen molar-refractivity contribution in [2.75, 3.05) is 19.6 Å². The second-order valence-electron chi connectivity index (χ2n) is 7.72. The number of ether oxygens (including phenoxy) is 1. The summed E-state index contributed by atoms with van der Waals surface area (Å²) in [5.74, 6) is 0.0854. The lowest BCUT2D eigenvalue weighted by atomic mass is 10.1. The number of nitrogens with zero attached hydrogens (tertiary/aromatic N) is 4. The van der Waals surface area contributed by atoms with Crippen LogP contribution in [-0.2, 0) is 22.5 Å². The zero-order chi connectivity index (χ0) is 18.4. The molecule has 1 unspecified atom stereocenters. The first-order chi connectivity index (χ1) is 11.7. The van der Waals surface area contributed by atoms with Crippen LogP contribution in [0.1, 0.15) is 51.4 Å². The monoisotopic (exact) mass is 412 g/mol. The van der Waals surface area contributed by atoms with Crippen molar-refractivity contribution in [1.82, 2.24) is 19.6 Å². The number of carbonyl (C=O) groups is 2. The van der Waals surface area contributed by atoms with E-state index in [-0.39, 0.29) is 18.0 Å². The van der Waals surface area contributed by atoms with Crippen molar-refractivity contribution in [1.29, 1.82) is 0 Å². The Hall–Kier alpha value is -1.57. The van der Waals surface area contributed by atoms with Crippen LogP contribution in [0.3, 0.4) is 0 Å². The van der Waals surface area contributed by atoms with Crippen LogP contribution in [0.5, 0.6) is 0 Å². The highest BCUT2D eigenvalue weighted by atomic mass is 79.9. The molecule has 1 aromatic rings. The predicted molar refractivity (Wildman–Crippen MR) is 96.2 cm³/mol. The van der Waals surface area contributed by atoms with Crippen LogP contribution < -0.4 is 0 Å². The summed E-state index contributed by atoms with van der Waals surface area (Å²) in [5.41, 5.74) is 1.76. The minimum absolute atomic E-state index is 0.0854. The first-order valence-corrected chi connectivity index (χ1v) is 9.44. The highest BCUT2D eigenvalue weighted by Gasteiger charge is 2.34. The van der Waals surface area contributed by atoms with E-state index in [4.69, 9.17) is 4.74 Å². The number of fused-ring (bicyclic) bond motifs is 1. The molecular weight excluding hydrogens is 388 g/mol. The molecule has 2 aliphatic rings. The number of likely N-dealkylation sites (tertiary alicyclic amines) is 1. The summed E-state index contributed by atoms with van der Waals surface area (Å²) in [4.78, 5) is 27.5. The fraction of sp³-hybridized carbons (Fsp3) is 0.706. The van der Waals surface area contributed by atoms with Crippen LogP contribution in [0, 0.1) is 0 Å². The quantitative estimate of drug-likeness (QED) is 0.710. The third-order valence-electron chi connectivity index (χ3n) is 4.64. The van der Waals surface area contributed by atoms with Gasteiger partial charge in [0.1, 0.15) is 10.2 Å². The van der Waals surface area contributed by atoms with Gasteiger partial charge in [-0.3, -0.25) is 9.48 Å². The number of hydrogen-bond donors (Lipinski definition) is 0. The van der Waals surface area contributed by atoms with Crippen molar-refractivity contribution in [3.05, 3.63) is 15.9 Å². The number of hydrogen-bond acceptors (Lipinski definition) is 4. The Bertz CT molecular complexity index is 695. The van der Waals surface area contributed by atoms with Crippen molar-refractivity contribution in [2.45, 2.75) is 58.7 Å². The summed E-state index contributed by atoms with van der Waals surface area (Å²) in [5, 5.41) is 4.65. The molecule has 0 N–H and O–H groups in total.